The molecule has 1 fully saturated rings. The molecular weight excluding hydrogens is 390 g/mol. The standard InChI is InChI=1S/C17H14Cl2F3N3O/c18-13-7-11(8-14(19)9-13)16(26)25-5-3-24(4-6-25)15-2-1-12(10-23-15)17(20,21)22/h1-2,7-10H,3-6H2. The molecule has 0 unspecified atom stereocenters. The van der Waals surface area contributed by atoms with Crippen molar-refractivity contribution in [2.75, 3.05) is 31.1 Å². The number of carbonyl (C=O) groups excluding carboxylic acids is 1. The highest BCUT2D eigenvalue weighted by molar-refractivity contribution is 6.35. The lowest BCUT2D eigenvalue weighted by molar-refractivity contribution is -0.137. The van der Waals surface area contributed by atoms with Gasteiger partial charge in [0, 0.05) is 48.0 Å². The molecule has 9 heteroatoms. The van der Waals surface area contributed by atoms with Crippen molar-refractivity contribution in [1.82, 2.24) is 9.88 Å². The minimum Gasteiger partial charge on any atom is -0.353 e. The zero-order valence-corrected chi connectivity index (χ0v) is 14.9. The lowest BCUT2D eigenvalue weighted by atomic mass is 10.1. The molecule has 0 spiro atoms. The third kappa shape index (κ3) is 4.22. The third-order valence-corrected chi connectivity index (χ3v) is 4.51. The van der Waals surface area contributed by atoms with E-state index >= 15 is 0 Å². The van der Waals surface area contributed by atoms with Gasteiger partial charge in [0.05, 0.1) is 5.56 Å². The summed E-state index contributed by atoms with van der Waals surface area (Å²) in [6.45, 7) is 1.79. The van der Waals surface area contributed by atoms with Crippen LogP contribution in [0.4, 0.5) is 19.0 Å². The number of rotatable bonds is 2. The van der Waals surface area contributed by atoms with E-state index in [1.807, 2.05) is 4.90 Å². The number of anilines is 1. The highest BCUT2D eigenvalue weighted by atomic mass is 35.5. The Morgan fingerprint density at radius 2 is 1.62 bits per heavy atom. The maximum atomic E-state index is 12.6. The van der Waals surface area contributed by atoms with E-state index in [0.29, 0.717) is 47.6 Å². The predicted octanol–water partition coefficient (Wildman–Crippen LogP) is 4.37. The monoisotopic (exact) mass is 403 g/mol. The lowest BCUT2D eigenvalue weighted by Crippen LogP contribution is -2.49. The van der Waals surface area contributed by atoms with Crippen LogP contribution in [0.25, 0.3) is 0 Å². The normalized spacial score (nSPS) is 15.3. The topological polar surface area (TPSA) is 36.4 Å². The Balaban J connectivity index is 1.64. The summed E-state index contributed by atoms with van der Waals surface area (Å²) in [7, 11) is 0. The van der Waals surface area contributed by atoms with Crippen LogP contribution in [-0.4, -0.2) is 42.0 Å². The molecule has 0 radical (unpaired) electrons. The molecule has 1 aromatic heterocycles. The van der Waals surface area contributed by atoms with Crippen molar-refractivity contribution in [2.45, 2.75) is 6.18 Å². The van der Waals surface area contributed by atoms with Gasteiger partial charge in [-0.15, -0.1) is 0 Å². The predicted molar refractivity (Wildman–Crippen MR) is 93.8 cm³/mol. The van der Waals surface area contributed by atoms with Crippen LogP contribution in [-0.2, 0) is 6.18 Å². The summed E-state index contributed by atoms with van der Waals surface area (Å²) >= 11 is 11.9. The average molecular weight is 404 g/mol. The fourth-order valence-electron chi connectivity index (χ4n) is 2.74. The minimum atomic E-state index is -4.41. The van der Waals surface area contributed by atoms with Crippen molar-refractivity contribution < 1.29 is 18.0 Å². The Hall–Kier alpha value is -1.99. The van der Waals surface area contributed by atoms with Crippen LogP contribution in [0.3, 0.4) is 0 Å². The van der Waals surface area contributed by atoms with E-state index in [2.05, 4.69) is 4.98 Å². The quantitative estimate of drug-likeness (QED) is 0.746. The number of amides is 1. The van der Waals surface area contributed by atoms with Crippen LogP contribution in [0.1, 0.15) is 15.9 Å². The fourth-order valence-corrected chi connectivity index (χ4v) is 3.27. The highest BCUT2D eigenvalue weighted by Gasteiger charge is 2.31. The zero-order chi connectivity index (χ0) is 18.9. The number of piperazine rings is 1. The Morgan fingerprint density at radius 3 is 2.12 bits per heavy atom. The van der Waals surface area contributed by atoms with Crippen LogP contribution in [0, 0.1) is 0 Å². The first-order chi connectivity index (χ1) is 12.2. The maximum absolute atomic E-state index is 12.6. The Morgan fingerprint density at radius 1 is 1.00 bits per heavy atom. The molecule has 1 saturated heterocycles. The smallest absolute Gasteiger partial charge is 0.353 e. The van der Waals surface area contributed by atoms with Crippen molar-refractivity contribution in [1.29, 1.82) is 0 Å². The van der Waals surface area contributed by atoms with Crippen LogP contribution < -0.4 is 4.90 Å². The fraction of sp³-hybridized carbons (Fsp3) is 0.294. The summed E-state index contributed by atoms with van der Waals surface area (Å²) in [6, 6.07) is 7.01. The van der Waals surface area contributed by atoms with Crippen molar-refractivity contribution in [3.63, 3.8) is 0 Å². The second-order valence-corrected chi connectivity index (χ2v) is 6.71. The number of hydrogen-bond donors (Lipinski definition) is 0. The molecule has 0 atom stereocenters. The van der Waals surface area contributed by atoms with Gasteiger partial charge in [0.25, 0.3) is 5.91 Å². The molecule has 2 aromatic rings. The van der Waals surface area contributed by atoms with Gasteiger partial charge in [-0.2, -0.15) is 13.2 Å². The number of benzene rings is 1. The molecule has 0 saturated carbocycles. The largest absolute Gasteiger partial charge is 0.417 e. The Labute approximate surface area is 158 Å². The lowest BCUT2D eigenvalue weighted by Gasteiger charge is -2.35. The first-order valence-corrected chi connectivity index (χ1v) is 8.53. The highest BCUT2D eigenvalue weighted by Crippen LogP contribution is 2.29. The van der Waals surface area contributed by atoms with E-state index in [9.17, 15) is 18.0 Å². The number of halogens is 5. The Kier molecular flexibility index (Phi) is 5.29. The van der Waals surface area contributed by atoms with Crippen molar-refractivity contribution >= 4 is 34.9 Å². The number of carbonyl (C=O) groups is 1. The maximum Gasteiger partial charge on any atom is 0.417 e. The molecular formula is C17H14Cl2F3N3O. The number of nitrogens with zero attached hydrogens (tertiary/aromatic N) is 3. The van der Waals surface area contributed by atoms with Crippen LogP contribution in [0.5, 0.6) is 0 Å². The molecule has 1 aliphatic heterocycles. The van der Waals surface area contributed by atoms with Crippen LogP contribution >= 0.6 is 23.2 Å². The minimum absolute atomic E-state index is 0.186. The van der Waals surface area contributed by atoms with E-state index in [-0.39, 0.29) is 5.91 Å². The summed E-state index contributed by atoms with van der Waals surface area (Å²) in [5.41, 5.74) is -0.378. The van der Waals surface area contributed by atoms with E-state index in [0.717, 1.165) is 12.3 Å². The van der Waals surface area contributed by atoms with Gasteiger partial charge < -0.3 is 9.80 Å². The van der Waals surface area contributed by atoms with Crippen LogP contribution in [0.15, 0.2) is 36.5 Å². The Bertz CT molecular complexity index is 784. The van der Waals surface area contributed by atoms with E-state index < -0.39 is 11.7 Å². The van der Waals surface area contributed by atoms with Gasteiger partial charge in [-0.05, 0) is 30.3 Å². The number of aromatic nitrogens is 1. The number of pyridine rings is 1. The molecule has 0 N–H and O–H groups in total. The van der Waals surface area contributed by atoms with Gasteiger partial charge in [-0.3, -0.25) is 4.79 Å². The van der Waals surface area contributed by atoms with Crippen molar-refractivity contribution in [3.8, 4) is 0 Å². The van der Waals surface area contributed by atoms with Gasteiger partial charge in [-0.1, -0.05) is 23.2 Å². The summed E-state index contributed by atoms with van der Waals surface area (Å²) in [4.78, 5) is 19.9. The molecule has 1 aromatic carbocycles. The SMILES string of the molecule is O=C(c1cc(Cl)cc(Cl)c1)N1CCN(c2ccc(C(F)(F)F)cn2)CC1. The average Bonchev–Trinajstić information content (AvgIpc) is 2.60. The van der Waals surface area contributed by atoms with E-state index in [1.54, 1.807) is 23.1 Å². The molecule has 2 heterocycles. The molecule has 1 amide bonds. The molecule has 3 rings (SSSR count). The molecule has 0 bridgehead atoms. The molecule has 1 aliphatic rings. The molecule has 138 valence electrons. The van der Waals surface area contributed by atoms with Gasteiger partial charge in [0.1, 0.15) is 5.82 Å². The van der Waals surface area contributed by atoms with Crippen LogP contribution in [0.2, 0.25) is 10.0 Å². The molecule has 4 nitrogen and oxygen atoms in total. The van der Waals surface area contributed by atoms with Gasteiger partial charge in [-0.25, -0.2) is 4.98 Å². The second-order valence-electron chi connectivity index (χ2n) is 5.84. The van der Waals surface area contributed by atoms with Gasteiger partial charge in [0.15, 0.2) is 0 Å². The van der Waals surface area contributed by atoms with Gasteiger partial charge >= 0.3 is 6.18 Å². The van der Waals surface area contributed by atoms with Crippen molar-refractivity contribution in [3.05, 3.63) is 57.7 Å². The zero-order valence-electron chi connectivity index (χ0n) is 13.4. The van der Waals surface area contributed by atoms with Gasteiger partial charge in [0.2, 0.25) is 0 Å². The summed E-state index contributed by atoms with van der Waals surface area (Å²) < 4.78 is 37.8. The number of alkyl halides is 3. The third-order valence-electron chi connectivity index (χ3n) is 4.08. The first kappa shape index (κ1) is 18.8. The summed E-state index contributed by atoms with van der Waals surface area (Å²) in [5.74, 6) is 0.269. The van der Waals surface area contributed by atoms with E-state index in [4.69, 9.17) is 23.2 Å². The molecule has 26 heavy (non-hydrogen) atoms. The molecule has 0 aliphatic carbocycles. The second kappa shape index (κ2) is 7.32. The summed E-state index contributed by atoms with van der Waals surface area (Å²) in [5, 5.41) is 0.766. The van der Waals surface area contributed by atoms with Crippen molar-refractivity contribution in [2.24, 2.45) is 0 Å². The number of hydrogen-bond acceptors (Lipinski definition) is 3. The summed E-state index contributed by atoms with van der Waals surface area (Å²) in [6.07, 6.45) is -3.59. The first-order valence-electron chi connectivity index (χ1n) is 7.77. The van der Waals surface area contributed by atoms with E-state index in [1.165, 1.54) is 6.07 Å².